The van der Waals surface area contributed by atoms with Crippen LogP contribution in [0, 0.1) is 11.8 Å². The van der Waals surface area contributed by atoms with Gasteiger partial charge in [0, 0.05) is 37.0 Å². The first-order valence-corrected chi connectivity index (χ1v) is 17.0. The first kappa shape index (κ1) is 40.2. The predicted octanol–water partition coefficient (Wildman–Crippen LogP) is 6.87. The van der Waals surface area contributed by atoms with Crippen molar-refractivity contribution in [2.45, 2.75) is 116 Å². The molecule has 12 nitrogen and oxygen atoms in total. The van der Waals surface area contributed by atoms with E-state index in [2.05, 4.69) is 6.92 Å². The second-order valence-electron chi connectivity index (χ2n) is 13.4. The van der Waals surface area contributed by atoms with Gasteiger partial charge in [-0.15, -0.1) is 0 Å². The summed E-state index contributed by atoms with van der Waals surface area (Å²) >= 11 is 0. The number of carboxylic acids is 3. The van der Waals surface area contributed by atoms with Crippen molar-refractivity contribution in [3.63, 3.8) is 0 Å². The number of carboxylic acid groups (broad SMARTS) is 3. The summed E-state index contributed by atoms with van der Waals surface area (Å²) in [5.74, 6) is -5.81. The normalized spacial score (nSPS) is 27.6. The van der Waals surface area contributed by atoms with Crippen molar-refractivity contribution in [2.75, 3.05) is 0 Å². The van der Waals surface area contributed by atoms with Crippen molar-refractivity contribution in [1.29, 1.82) is 0 Å². The highest BCUT2D eigenvalue weighted by atomic mass is 16.7. The minimum atomic E-state index is -1.31. The Hall–Kier alpha value is -4.26. The molecule has 3 heterocycles. The van der Waals surface area contributed by atoms with Crippen LogP contribution < -0.4 is 0 Å². The van der Waals surface area contributed by atoms with Gasteiger partial charge in [0.1, 0.15) is 18.0 Å². The van der Waals surface area contributed by atoms with Crippen LogP contribution in [-0.4, -0.2) is 74.0 Å². The summed E-state index contributed by atoms with van der Waals surface area (Å²) in [6, 6.07) is 1.12. The fourth-order valence-electron chi connectivity index (χ4n) is 6.12. The second-order valence-corrected chi connectivity index (χ2v) is 13.4. The number of hydrogen-bond acceptors (Lipinski definition) is 9. The van der Waals surface area contributed by atoms with Crippen molar-refractivity contribution in [1.82, 2.24) is 0 Å². The van der Waals surface area contributed by atoms with Gasteiger partial charge in [-0.3, -0.25) is 0 Å². The van der Waals surface area contributed by atoms with Gasteiger partial charge >= 0.3 is 23.9 Å². The molecule has 2 aliphatic heterocycles. The lowest BCUT2D eigenvalue weighted by molar-refractivity contribution is -0.343. The van der Waals surface area contributed by atoms with E-state index in [1.165, 1.54) is 6.08 Å². The molecule has 0 saturated carbocycles. The number of aliphatic carboxylic acids is 2. The van der Waals surface area contributed by atoms with E-state index < -0.39 is 53.2 Å². The van der Waals surface area contributed by atoms with Crippen molar-refractivity contribution in [2.24, 2.45) is 11.8 Å². The molecule has 0 aromatic carbocycles. The van der Waals surface area contributed by atoms with Gasteiger partial charge in [0.2, 0.25) is 5.76 Å². The Morgan fingerprint density at radius 2 is 1.74 bits per heavy atom. The minimum absolute atomic E-state index is 0.0408. The number of ether oxygens (including phenoxy) is 3. The van der Waals surface area contributed by atoms with E-state index in [1.807, 2.05) is 19.9 Å². The molecular weight excluding hydrogens is 648 g/mol. The van der Waals surface area contributed by atoms with Crippen LogP contribution in [-0.2, 0) is 23.8 Å². The molecule has 1 spiro atoms. The topological polar surface area (TPSA) is 190 Å². The van der Waals surface area contributed by atoms with E-state index in [0.29, 0.717) is 44.1 Å². The summed E-state index contributed by atoms with van der Waals surface area (Å²) in [5, 5.41) is 37.8. The van der Waals surface area contributed by atoms with Crippen LogP contribution in [0.2, 0.25) is 0 Å². The summed E-state index contributed by atoms with van der Waals surface area (Å²) in [4.78, 5) is 46.9. The van der Waals surface area contributed by atoms with Crippen molar-refractivity contribution >= 4 is 23.9 Å². The van der Waals surface area contributed by atoms with Crippen molar-refractivity contribution in [3.05, 3.63) is 83.4 Å². The first-order valence-electron chi connectivity index (χ1n) is 17.0. The quantitative estimate of drug-likeness (QED) is 0.0797. The number of allylic oxidation sites excluding steroid dienone is 4. The Balaban J connectivity index is 1.87. The molecule has 0 bridgehead atoms. The van der Waals surface area contributed by atoms with Gasteiger partial charge in [0.05, 0.1) is 17.8 Å². The third-order valence-electron chi connectivity index (χ3n) is 9.26. The lowest BCUT2D eigenvalue weighted by Gasteiger charge is -2.53. The molecule has 3 rings (SSSR count). The van der Waals surface area contributed by atoms with E-state index in [0.717, 1.165) is 42.9 Å². The fourth-order valence-corrected chi connectivity index (χ4v) is 6.12. The summed E-state index contributed by atoms with van der Waals surface area (Å²) in [5.41, 5.74) is 0.163. The molecule has 12 heteroatoms. The molecule has 1 aromatic rings. The van der Waals surface area contributed by atoms with E-state index in [9.17, 15) is 34.5 Å². The average molecular weight is 699 g/mol. The van der Waals surface area contributed by atoms with Crippen LogP contribution in [0.15, 0.2) is 76.5 Å². The van der Waals surface area contributed by atoms with Gasteiger partial charge < -0.3 is 39.1 Å². The molecule has 0 radical (unpaired) electrons. The number of aliphatic hydroxyl groups excluding tert-OH is 1. The standard InChI is InChI=1S/C38H50O12/c1-6-7-17-37(50-36(46)28-22-31(35(44)45)47-23-28)19-20-38(49-32(37)14-10-25(3)21-34(42)43)18-16-27(5)30(48-38)13-9-24(2)8-12-29(39)26(4)11-15-33(40)41/h8-12,14-15,21-23,26-27,29-30,32,39H,6-7,13,16-20H2,1-5H3,(H,40,41)(H,42,43)(H,44,45)/b12-8+,14-10+,15-11+,24-9+,25-21+/t26-,27-,29-,30+,32-,37+,38-/m0/s1. The molecule has 2 fully saturated rings. The largest absolute Gasteiger partial charge is 0.478 e. The lowest BCUT2D eigenvalue weighted by Crippen LogP contribution is -2.59. The number of carbonyl (C=O) groups is 4. The molecule has 2 aliphatic rings. The third-order valence-corrected chi connectivity index (χ3v) is 9.26. The minimum Gasteiger partial charge on any atom is -0.478 e. The number of rotatable bonds is 16. The van der Waals surface area contributed by atoms with Crippen LogP contribution in [0.1, 0.15) is 107 Å². The number of esters is 1. The van der Waals surface area contributed by atoms with Crippen LogP contribution in [0.5, 0.6) is 0 Å². The van der Waals surface area contributed by atoms with Crippen LogP contribution >= 0.6 is 0 Å². The maximum Gasteiger partial charge on any atom is 0.371 e. The lowest BCUT2D eigenvalue weighted by atomic mass is 9.78. The third kappa shape index (κ3) is 11.4. The van der Waals surface area contributed by atoms with Gasteiger partial charge in [-0.05, 0) is 57.4 Å². The smallest absolute Gasteiger partial charge is 0.371 e. The highest BCUT2D eigenvalue weighted by Gasteiger charge is 2.54. The Morgan fingerprint density at radius 3 is 2.38 bits per heavy atom. The molecule has 7 atom stereocenters. The Bertz CT molecular complexity index is 1510. The monoisotopic (exact) mass is 698 g/mol. The van der Waals surface area contributed by atoms with Gasteiger partial charge in [-0.25, -0.2) is 19.2 Å². The highest BCUT2D eigenvalue weighted by molar-refractivity contribution is 5.93. The molecule has 0 amide bonds. The molecule has 274 valence electrons. The van der Waals surface area contributed by atoms with Gasteiger partial charge in [0.25, 0.3) is 0 Å². The van der Waals surface area contributed by atoms with E-state index >= 15 is 0 Å². The molecule has 50 heavy (non-hydrogen) atoms. The average Bonchev–Trinajstić information content (AvgIpc) is 3.57. The van der Waals surface area contributed by atoms with Crippen LogP contribution in [0.4, 0.5) is 0 Å². The van der Waals surface area contributed by atoms with E-state index in [4.69, 9.17) is 23.7 Å². The van der Waals surface area contributed by atoms with Gasteiger partial charge in [0.15, 0.2) is 5.79 Å². The predicted molar refractivity (Wildman–Crippen MR) is 183 cm³/mol. The number of aliphatic hydroxyl groups is 1. The summed E-state index contributed by atoms with van der Waals surface area (Å²) in [6.45, 7) is 9.41. The molecule has 2 saturated heterocycles. The summed E-state index contributed by atoms with van der Waals surface area (Å²) < 4.78 is 24.8. The molecule has 4 N–H and O–H groups in total. The summed E-state index contributed by atoms with van der Waals surface area (Å²) in [7, 11) is 0. The maximum absolute atomic E-state index is 13.4. The summed E-state index contributed by atoms with van der Waals surface area (Å²) in [6.07, 6.45) is 16.2. The van der Waals surface area contributed by atoms with Crippen molar-refractivity contribution < 1.29 is 58.2 Å². The zero-order chi connectivity index (χ0) is 37.1. The number of furan rings is 1. The zero-order valence-corrected chi connectivity index (χ0v) is 29.4. The van der Waals surface area contributed by atoms with E-state index in [-0.39, 0.29) is 23.5 Å². The Kier molecular flexibility index (Phi) is 14.6. The second kappa shape index (κ2) is 18.1. The number of carbonyl (C=O) groups excluding carboxylic acids is 1. The molecule has 0 unspecified atom stereocenters. The van der Waals surface area contributed by atoms with E-state index in [1.54, 1.807) is 38.2 Å². The number of unbranched alkanes of at least 4 members (excludes halogenated alkanes) is 1. The highest BCUT2D eigenvalue weighted by Crippen LogP contribution is 2.48. The Labute approximate surface area is 292 Å². The molecule has 0 aliphatic carbocycles. The number of aromatic carboxylic acids is 1. The van der Waals surface area contributed by atoms with Crippen LogP contribution in [0.25, 0.3) is 0 Å². The Morgan fingerprint density at radius 1 is 1.00 bits per heavy atom. The number of hydrogen-bond donors (Lipinski definition) is 4. The molecular formula is C38H50O12. The van der Waals surface area contributed by atoms with Gasteiger partial charge in [-0.2, -0.15) is 0 Å². The van der Waals surface area contributed by atoms with Gasteiger partial charge in [-0.1, -0.05) is 69.2 Å². The van der Waals surface area contributed by atoms with Crippen LogP contribution in [0.3, 0.4) is 0 Å². The first-order chi connectivity index (χ1) is 23.6. The SMILES string of the molecule is CCCC[C@@]1(OC(=O)c2coc(C(=O)O)c2)CC[C@]2(CC[C@H](C)[C@@H](C/C=C(C)/C=C/[C@H](O)[C@@H](C)/C=C/C(=O)O)O2)O[C@H]1/C=C/C(C)=C/C(=O)O. The molecule has 1 aromatic heterocycles. The maximum atomic E-state index is 13.4. The zero-order valence-electron chi connectivity index (χ0n) is 29.4. The van der Waals surface area contributed by atoms with Crippen molar-refractivity contribution in [3.8, 4) is 0 Å². The fraction of sp³-hybridized carbons (Fsp3) is 0.526.